The number of likely N-dealkylation sites (tertiary alicyclic amines) is 1. The van der Waals surface area contributed by atoms with Crippen molar-refractivity contribution in [1.82, 2.24) is 15.5 Å². The molecule has 2 aliphatic heterocycles. The number of halogens is 1. The van der Waals surface area contributed by atoms with Gasteiger partial charge in [0.25, 0.3) is 0 Å². The number of hydrogen-bond acceptors (Lipinski definition) is 3. The first kappa shape index (κ1) is 22.2. The van der Waals surface area contributed by atoms with E-state index in [0.29, 0.717) is 5.96 Å². The quantitative estimate of drug-likeness (QED) is 0.369. The Bertz CT molecular complexity index is 727. The predicted molar refractivity (Wildman–Crippen MR) is 126 cm³/mol. The number of guanidine groups is 1. The Morgan fingerprint density at radius 2 is 1.90 bits per heavy atom. The van der Waals surface area contributed by atoms with Gasteiger partial charge in [0.05, 0.1) is 12.6 Å². The number of nitrogens with one attached hydrogen (secondary N) is 2. The van der Waals surface area contributed by atoms with Crippen LogP contribution < -0.4 is 15.4 Å². The maximum Gasteiger partial charge on any atom is 0.241 e. The van der Waals surface area contributed by atoms with Gasteiger partial charge in [-0.1, -0.05) is 18.2 Å². The van der Waals surface area contributed by atoms with Crippen LogP contribution in [-0.4, -0.2) is 49.0 Å². The normalized spacial score (nSPS) is 23.0. The van der Waals surface area contributed by atoms with Crippen LogP contribution in [0.4, 0.5) is 0 Å². The summed E-state index contributed by atoms with van der Waals surface area (Å²) in [5, 5.41) is 6.79. The van der Waals surface area contributed by atoms with Gasteiger partial charge in [0.1, 0.15) is 11.4 Å². The second-order valence-electron chi connectivity index (χ2n) is 8.30. The van der Waals surface area contributed by atoms with Gasteiger partial charge < -0.3 is 20.3 Å². The van der Waals surface area contributed by atoms with E-state index in [1.165, 1.54) is 24.8 Å². The molecule has 2 fully saturated rings. The van der Waals surface area contributed by atoms with E-state index in [4.69, 9.17) is 4.74 Å². The third kappa shape index (κ3) is 5.16. The Hall–Kier alpha value is -1.51. The highest BCUT2D eigenvalue weighted by Crippen LogP contribution is 2.46. The highest BCUT2D eigenvalue weighted by atomic mass is 127. The highest BCUT2D eigenvalue weighted by molar-refractivity contribution is 14.0. The Kier molecular flexibility index (Phi) is 7.65. The fourth-order valence-corrected chi connectivity index (χ4v) is 4.85. The number of fused-ring (bicyclic) bond motifs is 1. The van der Waals surface area contributed by atoms with Gasteiger partial charge in [-0.25, -0.2) is 0 Å². The van der Waals surface area contributed by atoms with Crippen LogP contribution in [-0.2, 0) is 4.79 Å². The van der Waals surface area contributed by atoms with Crippen molar-refractivity contribution in [2.75, 3.05) is 26.7 Å². The van der Waals surface area contributed by atoms with Crippen molar-refractivity contribution in [2.45, 2.75) is 63.0 Å². The fourth-order valence-electron chi connectivity index (χ4n) is 4.85. The lowest BCUT2D eigenvalue weighted by Gasteiger charge is -2.40. The van der Waals surface area contributed by atoms with Crippen molar-refractivity contribution in [3.8, 4) is 5.75 Å². The molecule has 160 valence electrons. The van der Waals surface area contributed by atoms with Gasteiger partial charge in [-0.15, -0.1) is 24.0 Å². The first-order valence-electron chi connectivity index (χ1n) is 10.7. The molecule has 0 bridgehead atoms. The first-order chi connectivity index (χ1) is 13.7. The third-order valence-corrected chi connectivity index (χ3v) is 6.36. The average molecular weight is 512 g/mol. The molecule has 2 heterocycles. The second-order valence-corrected chi connectivity index (χ2v) is 8.30. The molecule has 1 atom stereocenters. The van der Waals surface area contributed by atoms with Crippen molar-refractivity contribution in [2.24, 2.45) is 4.99 Å². The van der Waals surface area contributed by atoms with E-state index >= 15 is 0 Å². The van der Waals surface area contributed by atoms with Gasteiger partial charge in [0, 0.05) is 32.1 Å². The van der Waals surface area contributed by atoms with Crippen LogP contribution in [0, 0.1) is 0 Å². The van der Waals surface area contributed by atoms with E-state index in [0.717, 1.165) is 50.9 Å². The highest BCUT2D eigenvalue weighted by Gasteiger charge is 2.43. The number of hydrogen-bond donors (Lipinski definition) is 2. The summed E-state index contributed by atoms with van der Waals surface area (Å²) < 4.78 is 6.44. The van der Waals surface area contributed by atoms with E-state index in [2.05, 4.69) is 33.8 Å². The summed E-state index contributed by atoms with van der Waals surface area (Å²) in [6, 6.07) is 8.42. The first-order valence-corrected chi connectivity index (χ1v) is 10.7. The Morgan fingerprint density at radius 3 is 2.62 bits per heavy atom. The molecule has 3 aliphatic rings. The van der Waals surface area contributed by atoms with Gasteiger partial charge in [-0.2, -0.15) is 0 Å². The number of nitrogens with zero attached hydrogens (tertiary/aromatic N) is 2. The minimum absolute atomic E-state index is 0. The second kappa shape index (κ2) is 10.00. The van der Waals surface area contributed by atoms with Crippen LogP contribution >= 0.6 is 24.0 Å². The Morgan fingerprint density at radius 1 is 1.17 bits per heavy atom. The molecule has 29 heavy (non-hydrogen) atoms. The summed E-state index contributed by atoms with van der Waals surface area (Å²) in [4.78, 5) is 18.8. The van der Waals surface area contributed by atoms with Crippen molar-refractivity contribution in [3.05, 3.63) is 29.8 Å². The number of aliphatic imine (C=N–C) groups is 1. The molecule has 1 aromatic carbocycles. The van der Waals surface area contributed by atoms with E-state index < -0.39 is 0 Å². The van der Waals surface area contributed by atoms with Crippen molar-refractivity contribution >= 4 is 35.8 Å². The Balaban J connectivity index is 0.00000240. The summed E-state index contributed by atoms with van der Waals surface area (Å²) in [7, 11) is 1.76. The molecule has 1 unspecified atom stereocenters. The molecule has 1 amide bonds. The van der Waals surface area contributed by atoms with Crippen LogP contribution in [0.25, 0.3) is 0 Å². The van der Waals surface area contributed by atoms with Gasteiger partial charge in [-0.05, 0) is 51.0 Å². The molecule has 1 spiro atoms. The molecule has 0 aromatic heterocycles. The van der Waals surface area contributed by atoms with Gasteiger partial charge in [0.2, 0.25) is 5.91 Å². The number of benzene rings is 1. The zero-order valence-corrected chi connectivity index (χ0v) is 19.6. The van der Waals surface area contributed by atoms with Crippen LogP contribution in [0.15, 0.2) is 29.3 Å². The fraction of sp³-hybridized carbons (Fsp3) is 0.636. The minimum atomic E-state index is -0.0610. The number of ether oxygens (including phenoxy) is 1. The molecule has 2 N–H and O–H groups in total. The zero-order chi connectivity index (χ0) is 19.4. The number of rotatable bonds is 3. The van der Waals surface area contributed by atoms with Crippen LogP contribution in [0.2, 0.25) is 0 Å². The number of carbonyl (C=O) groups excluding carboxylic acids is 1. The standard InChI is InChI=1S/C22H32N4O2.HI/c1-23-21(24-16-20(27)26-13-7-2-8-14-26)25-18-15-22(11-5-6-12-22)28-19-10-4-3-9-17(18)19;/h3-4,9-10,18H,2,5-8,11-16H2,1H3,(H2,23,24,25);1H. The smallest absolute Gasteiger partial charge is 0.241 e. The SMILES string of the molecule is CN=C(NCC(=O)N1CCCCC1)NC1CC2(CCCC2)Oc2ccccc21.I. The summed E-state index contributed by atoms with van der Waals surface area (Å²) >= 11 is 0. The number of amides is 1. The van der Waals surface area contributed by atoms with E-state index in [9.17, 15) is 4.79 Å². The van der Waals surface area contributed by atoms with Crippen LogP contribution in [0.3, 0.4) is 0 Å². The summed E-state index contributed by atoms with van der Waals surface area (Å²) in [6.45, 7) is 2.04. The lowest BCUT2D eigenvalue weighted by Crippen LogP contribution is -2.49. The van der Waals surface area contributed by atoms with Gasteiger partial charge in [0.15, 0.2) is 5.96 Å². The topological polar surface area (TPSA) is 66.0 Å². The van der Waals surface area contributed by atoms with Gasteiger partial charge in [-0.3, -0.25) is 9.79 Å². The molecule has 7 heteroatoms. The molecule has 6 nitrogen and oxygen atoms in total. The maximum atomic E-state index is 12.5. The molecular formula is C22H33IN4O2. The minimum Gasteiger partial charge on any atom is -0.487 e. The monoisotopic (exact) mass is 512 g/mol. The molecular weight excluding hydrogens is 479 g/mol. The lowest BCUT2D eigenvalue weighted by molar-refractivity contribution is -0.130. The molecule has 1 saturated heterocycles. The summed E-state index contributed by atoms with van der Waals surface area (Å²) in [5.74, 6) is 1.82. The van der Waals surface area contributed by atoms with E-state index in [1.54, 1.807) is 7.05 Å². The van der Waals surface area contributed by atoms with Crippen molar-refractivity contribution in [3.63, 3.8) is 0 Å². The maximum absolute atomic E-state index is 12.5. The third-order valence-electron chi connectivity index (χ3n) is 6.36. The van der Waals surface area contributed by atoms with E-state index in [-0.39, 0.29) is 48.1 Å². The summed E-state index contributed by atoms with van der Waals surface area (Å²) in [6.07, 6.45) is 9.06. The molecule has 1 aliphatic carbocycles. The number of carbonyl (C=O) groups is 1. The zero-order valence-electron chi connectivity index (χ0n) is 17.3. The molecule has 0 radical (unpaired) electrons. The predicted octanol–water partition coefficient (Wildman–Crippen LogP) is 3.62. The Labute approximate surface area is 190 Å². The van der Waals surface area contributed by atoms with E-state index in [1.807, 2.05) is 11.0 Å². The molecule has 1 aromatic rings. The van der Waals surface area contributed by atoms with Crippen molar-refractivity contribution in [1.29, 1.82) is 0 Å². The molecule has 4 rings (SSSR count). The largest absolute Gasteiger partial charge is 0.487 e. The van der Waals surface area contributed by atoms with Gasteiger partial charge >= 0.3 is 0 Å². The average Bonchev–Trinajstić information content (AvgIpc) is 3.18. The number of para-hydroxylation sites is 1. The van der Waals surface area contributed by atoms with Crippen LogP contribution in [0.5, 0.6) is 5.75 Å². The lowest BCUT2D eigenvalue weighted by atomic mass is 9.86. The number of piperidine rings is 1. The van der Waals surface area contributed by atoms with Crippen LogP contribution in [0.1, 0.15) is 63.0 Å². The molecule has 1 saturated carbocycles. The summed E-state index contributed by atoms with van der Waals surface area (Å²) in [5.41, 5.74) is 1.11. The van der Waals surface area contributed by atoms with Crippen molar-refractivity contribution < 1.29 is 9.53 Å².